The zero-order valence-electron chi connectivity index (χ0n) is 9.76. The second kappa shape index (κ2) is 6.17. The van der Waals surface area contributed by atoms with Crippen molar-refractivity contribution >= 4 is 11.9 Å². The molecule has 0 saturated carbocycles. The maximum Gasteiger partial charge on any atom is 0.309 e. The second-order valence-corrected chi connectivity index (χ2v) is 3.90. The Hall–Kier alpha value is -1.66. The minimum absolute atomic E-state index is 0.186. The number of carbonyl (C=O) groups excluding carboxylic acids is 2. The highest BCUT2D eigenvalue weighted by atomic mass is 16.6. The molecule has 0 bridgehead atoms. The number of amides is 1. The Morgan fingerprint density at radius 2 is 2.00 bits per heavy atom. The van der Waals surface area contributed by atoms with Crippen LogP contribution in [0.25, 0.3) is 0 Å². The topological polar surface area (TPSA) is 89.8 Å². The zero-order chi connectivity index (χ0) is 12.8. The van der Waals surface area contributed by atoms with Gasteiger partial charge in [-0.1, -0.05) is 0 Å². The molecule has 0 aromatic rings. The quantitative estimate of drug-likeness (QED) is 0.396. The summed E-state index contributed by atoms with van der Waals surface area (Å²) in [7, 11) is 0. The third-order valence-corrected chi connectivity index (χ3v) is 2.73. The number of nitrogens with zero attached hydrogens (tertiary/aromatic N) is 2. The molecule has 0 aliphatic carbocycles. The Morgan fingerprint density at radius 3 is 2.47 bits per heavy atom. The van der Waals surface area contributed by atoms with Crippen LogP contribution in [0.2, 0.25) is 0 Å². The molecule has 0 unspecified atom stereocenters. The SMILES string of the molecule is CCOC(=O)C1CCN(C(=O)C[N+](=O)[O-])CC1. The summed E-state index contributed by atoms with van der Waals surface area (Å²) in [6.07, 6.45) is 1.03. The molecule has 1 amide bonds. The number of rotatable bonds is 4. The van der Waals surface area contributed by atoms with E-state index in [1.54, 1.807) is 6.92 Å². The fourth-order valence-electron chi connectivity index (χ4n) is 1.84. The van der Waals surface area contributed by atoms with Crippen molar-refractivity contribution in [3.63, 3.8) is 0 Å². The van der Waals surface area contributed by atoms with E-state index < -0.39 is 17.4 Å². The van der Waals surface area contributed by atoms with Crippen LogP contribution in [0.15, 0.2) is 0 Å². The van der Waals surface area contributed by atoms with E-state index in [0.717, 1.165) is 0 Å². The highest BCUT2D eigenvalue weighted by Gasteiger charge is 2.29. The average Bonchev–Trinajstić information content (AvgIpc) is 2.28. The Kier molecular flexibility index (Phi) is 4.86. The van der Waals surface area contributed by atoms with Crippen molar-refractivity contribution in [2.24, 2.45) is 5.92 Å². The number of carbonyl (C=O) groups is 2. The smallest absolute Gasteiger partial charge is 0.309 e. The van der Waals surface area contributed by atoms with Gasteiger partial charge in [-0.25, -0.2) is 0 Å². The van der Waals surface area contributed by atoms with Crippen molar-refractivity contribution in [3.05, 3.63) is 10.1 Å². The molecule has 1 heterocycles. The lowest BCUT2D eigenvalue weighted by Crippen LogP contribution is -2.43. The number of piperidine rings is 1. The third-order valence-electron chi connectivity index (χ3n) is 2.73. The molecule has 1 saturated heterocycles. The van der Waals surface area contributed by atoms with E-state index in [4.69, 9.17) is 4.74 Å². The third kappa shape index (κ3) is 4.01. The molecule has 1 aliphatic heterocycles. The highest BCUT2D eigenvalue weighted by Crippen LogP contribution is 2.18. The summed E-state index contributed by atoms with van der Waals surface area (Å²) in [5, 5.41) is 10.2. The van der Waals surface area contributed by atoms with Gasteiger partial charge in [0.2, 0.25) is 0 Å². The molecule has 0 radical (unpaired) electrons. The molecule has 17 heavy (non-hydrogen) atoms. The molecule has 96 valence electrons. The number of hydrogen-bond acceptors (Lipinski definition) is 5. The largest absolute Gasteiger partial charge is 0.466 e. The summed E-state index contributed by atoms with van der Waals surface area (Å²) in [4.78, 5) is 33.8. The standard InChI is InChI=1S/C10H16N2O5/c1-2-17-10(14)8-3-5-11(6-4-8)9(13)7-12(15)16/h8H,2-7H2,1H3. The van der Waals surface area contributed by atoms with Gasteiger partial charge in [-0.3, -0.25) is 19.7 Å². The van der Waals surface area contributed by atoms with E-state index in [1.165, 1.54) is 4.90 Å². The van der Waals surface area contributed by atoms with Crippen LogP contribution < -0.4 is 0 Å². The van der Waals surface area contributed by atoms with Gasteiger partial charge < -0.3 is 9.64 Å². The monoisotopic (exact) mass is 244 g/mol. The van der Waals surface area contributed by atoms with E-state index >= 15 is 0 Å². The van der Waals surface area contributed by atoms with Gasteiger partial charge in [-0.05, 0) is 19.8 Å². The van der Waals surface area contributed by atoms with Gasteiger partial charge in [-0.2, -0.15) is 0 Å². The average molecular weight is 244 g/mol. The summed E-state index contributed by atoms with van der Waals surface area (Å²) in [6.45, 7) is 2.18. The van der Waals surface area contributed by atoms with Crippen LogP contribution in [-0.4, -0.2) is 47.9 Å². The summed E-state index contributed by atoms with van der Waals surface area (Å²) >= 11 is 0. The Bertz CT molecular complexity index is 310. The number of nitro groups is 1. The molecule has 0 aromatic heterocycles. The number of esters is 1. The molecule has 0 N–H and O–H groups in total. The molecule has 7 heteroatoms. The van der Waals surface area contributed by atoms with Crippen molar-refractivity contribution in [2.45, 2.75) is 19.8 Å². The highest BCUT2D eigenvalue weighted by molar-refractivity contribution is 5.78. The number of hydrogen-bond donors (Lipinski definition) is 0. The van der Waals surface area contributed by atoms with Crippen LogP contribution in [0, 0.1) is 16.0 Å². The van der Waals surface area contributed by atoms with Crippen LogP contribution >= 0.6 is 0 Å². The minimum Gasteiger partial charge on any atom is -0.466 e. The van der Waals surface area contributed by atoms with E-state index in [1.807, 2.05) is 0 Å². The van der Waals surface area contributed by atoms with E-state index in [0.29, 0.717) is 32.5 Å². The van der Waals surface area contributed by atoms with Crippen molar-refractivity contribution in [1.29, 1.82) is 0 Å². The Morgan fingerprint density at radius 1 is 1.41 bits per heavy atom. The molecule has 0 atom stereocenters. The zero-order valence-corrected chi connectivity index (χ0v) is 9.76. The summed E-state index contributed by atoms with van der Waals surface area (Å²) in [5.41, 5.74) is 0. The second-order valence-electron chi connectivity index (χ2n) is 3.90. The fraction of sp³-hybridized carbons (Fsp3) is 0.800. The van der Waals surface area contributed by atoms with E-state index in [9.17, 15) is 19.7 Å². The summed E-state index contributed by atoms with van der Waals surface area (Å²) in [6, 6.07) is 0. The lowest BCUT2D eigenvalue weighted by Gasteiger charge is -2.29. The van der Waals surface area contributed by atoms with Gasteiger partial charge in [-0.15, -0.1) is 0 Å². The molecule has 0 aromatic carbocycles. The first kappa shape index (κ1) is 13.4. The Labute approximate surface area is 98.9 Å². The maximum atomic E-state index is 11.4. The van der Waals surface area contributed by atoms with E-state index in [2.05, 4.69) is 0 Å². The van der Waals surface area contributed by atoms with Crippen molar-refractivity contribution in [1.82, 2.24) is 4.90 Å². The first-order chi connectivity index (χ1) is 8.04. The molecule has 7 nitrogen and oxygen atoms in total. The van der Waals surface area contributed by atoms with Crippen molar-refractivity contribution in [3.8, 4) is 0 Å². The lowest BCUT2D eigenvalue weighted by atomic mass is 9.97. The number of ether oxygens (including phenoxy) is 1. The van der Waals surface area contributed by atoms with Crippen LogP contribution in [0.4, 0.5) is 0 Å². The van der Waals surface area contributed by atoms with Crippen molar-refractivity contribution < 1.29 is 19.2 Å². The van der Waals surface area contributed by atoms with Gasteiger partial charge in [0.15, 0.2) is 0 Å². The Balaban J connectivity index is 2.37. The van der Waals surface area contributed by atoms with Crippen LogP contribution in [0.5, 0.6) is 0 Å². The normalized spacial score (nSPS) is 16.6. The van der Waals surface area contributed by atoms with Gasteiger partial charge in [0, 0.05) is 18.0 Å². The molecular formula is C10H16N2O5. The van der Waals surface area contributed by atoms with Gasteiger partial charge in [0.25, 0.3) is 12.5 Å². The van der Waals surface area contributed by atoms with E-state index in [-0.39, 0.29) is 11.9 Å². The molecule has 1 fully saturated rings. The maximum absolute atomic E-state index is 11.4. The first-order valence-electron chi connectivity index (χ1n) is 5.60. The first-order valence-corrected chi connectivity index (χ1v) is 5.60. The molecule has 1 aliphatic rings. The van der Waals surface area contributed by atoms with Gasteiger partial charge in [0.05, 0.1) is 12.5 Å². The summed E-state index contributed by atoms with van der Waals surface area (Å²) < 4.78 is 4.89. The molecule has 1 rings (SSSR count). The predicted molar refractivity (Wildman–Crippen MR) is 57.8 cm³/mol. The van der Waals surface area contributed by atoms with Crippen LogP contribution in [-0.2, 0) is 14.3 Å². The lowest BCUT2D eigenvalue weighted by molar-refractivity contribution is -0.468. The van der Waals surface area contributed by atoms with Crippen LogP contribution in [0.3, 0.4) is 0 Å². The van der Waals surface area contributed by atoms with Crippen LogP contribution in [0.1, 0.15) is 19.8 Å². The fourth-order valence-corrected chi connectivity index (χ4v) is 1.84. The minimum atomic E-state index is -0.677. The van der Waals surface area contributed by atoms with Gasteiger partial charge in [0.1, 0.15) is 0 Å². The summed E-state index contributed by atoms with van der Waals surface area (Å²) in [5.74, 6) is -0.916. The van der Waals surface area contributed by atoms with Gasteiger partial charge >= 0.3 is 5.97 Å². The predicted octanol–water partition coefficient (Wildman–Crippen LogP) is 0.0648. The van der Waals surface area contributed by atoms with Crippen molar-refractivity contribution in [2.75, 3.05) is 26.2 Å². The molecule has 0 spiro atoms. The number of likely N-dealkylation sites (tertiary alicyclic amines) is 1. The molecular weight excluding hydrogens is 228 g/mol.